The Bertz CT molecular complexity index is 1200. The molecule has 4 amide bonds. The lowest BCUT2D eigenvalue weighted by Gasteiger charge is -2.51. The molecule has 2 saturated heterocycles. The smallest absolute Gasteiger partial charge is 0.253 e. The van der Waals surface area contributed by atoms with E-state index in [9.17, 15) is 24.3 Å². The van der Waals surface area contributed by atoms with E-state index in [4.69, 9.17) is 27.9 Å². The molecule has 1 N–H and O–H groups in total. The van der Waals surface area contributed by atoms with Crippen molar-refractivity contribution < 1.29 is 29.0 Å². The molecule has 0 unspecified atom stereocenters. The largest absolute Gasteiger partial charge is 0.508 e. The number of phenolic OH excluding ortho intramolecular Hbond substituents is 1. The van der Waals surface area contributed by atoms with Crippen molar-refractivity contribution in [2.75, 3.05) is 20.7 Å². The number of amides is 4. The molecule has 1 aromatic carbocycles. The summed E-state index contributed by atoms with van der Waals surface area (Å²) in [6.45, 7) is 2.22. The molecule has 0 bridgehead atoms. The van der Waals surface area contributed by atoms with E-state index in [0.29, 0.717) is 30.5 Å². The summed E-state index contributed by atoms with van der Waals surface area (Å²) in [6, 6.07) is 4.44. The number of likely N-dealkylation sites (tertiary alicyclic amines) is 2. The molecular weight excluding hydrogens is 495 g/mol. The van der Waals surface area contributed by atoms with Crippen LogP contribution in [0.4, 0.5) is 0 Å². The van der Waals surface area contributed by atoms with Crippen LogP contribution in [0.25, 0.3) is 0 Å². The minimum atomic E-state index is -1.88. The van der Waals surface area contributed by atoms with Gasteiger partial charge in [0.15, 0.2) is 9.75 Å². The topological polar surface area (TPSA) is 104 Å². The molecule has 6 atom stereocenters. The molecule has 5 rings (SSSR count). The molecule has 2 heterocycles. The van der Waals surface area contributed by atoms with Gasteiger partial charge in [-0.15, -0.1) is 23.2 Å². The van der Waals surface area contributed by atoms with Crippen molar-refractivity contribution in [2.45, 2.75) is 41.9 Å². The van der Waals surface area contributed by atoms with Gasteiger partial charge in [0.1, 0.15) is 11.5 Å². The second kappa shape index (κ2) is 7.96. The van der Waals surface area contributed by atoms with Crippen LogP contribution in [0, 0.1) is 17.8 Å². The van der Waals surface area contributed by atoms with Crippen molar-refractivity contribution in [3.8, 4) is 11.5 Å². The van der Waals surface area contributed by atoms with Crippen molar-refractivity contribution in [3.63, 3.8) is 0 Å². The van der Waals surface area contributed by atoms with E-state index < -0.39 is 45.2 Å². The molecule has 0 aromatic heterocycles. The zero-order valence-corrected chi connectivity index (χ0v) is 21.1. The van der Waals surface area contributed by atoms with Crippen LogP contribution in [-0.4, -0.2) is 69.0 Å². The molecule has 3 fully saturated rings. The standard InChI is InChI=1S/C25H26Cl2N2O6/c1-4-9-29-20(31)15-8-7-13-16(18(15)21(29)32)11-24(26)22(33)28(2)23(34)25(24,27)19(13)14-6-5-12(30)10-17(14)35-3/h5-7,10,15-16,18-19,30H,4,8-9,11H2,1-3H3/t15-,16+,18-,19+,24+,25-/m0/s1. The summed E-state index contributed by atoms with van der Waals surface area (Å²) in [5, 5.41) is 10.0. The lowest BCUT2D eigenvalue weighted by atomic mass is 9.56. The van der Waals surface area contributed by atoms with E-state index in [1.807, 2.05) is 13.0 Å². The van der Waals surface area contributed by atoms with E-state index in [1.165, 1.54) is 31.2 Å². The minimum Gasteiger partial charge on any atom is -0.508 e. The van der Waals surface area contributed by atoms with Crippen molar-refractivity contribution in [3.05, 3.63) is 35.4 Å². The van der Waals surface area contributed by atoms with Gasteiger partial charge in [-0.1, -0.05) is 24.6 Å². The van der Waals surface area contributed by atoms with Crippen LogP contribution in [0.2, 0.25) is 0 Å². The molecule has 0 radical (unpaired) electrons. The van der Waals surface area contributed by atoms with Gasteiger partial charge in [0, 0.05) is 31.1 Å². The highest BCUT2D eigenvalue weighted by Gasteiger charge is 2.76. The Kier molecular flexibility index (Phi) is 5.49. The fourth-order valence-electron chi connectivity index (χ4n) is 6.54. The number of alkyl halides is 2. The molecular formula is C25H26Cl2N2O6. The number of carbonyl (C=O) groups excluding carboxylic acids is 4. The predicted octanol–water partition coefficient (Wildman–Crippen LogP) is 2.80. The van der Waals surface area contributed by atoms with Gasteiger partial charge in [-0.3, -0.25) is 29.0 Å². The normalized spacial score (nSPS) is 36.2. The number of hydrogen-bond acceptors (Lipinski definition) is 6. The Morgan fingerprint density at radius 2 is 1.83 bits per heavy atom. The van der Waals surface area contributed by atoms with E-state index in [0.717, 1.165) is 4.90 Å². The molecule has 1 saturated carbocycles. The van der Waals surface area contributed by atoms with Crippen molar-refractivity contribution in [1.29, 1.82) is 0 Å². The maximum atomic E-state index is 13.5. The van der Waals surface area contributed by atoms with Gasteiger partial charge in [0.25, 0.3) is 11.8 Å². The average molecular weight is 521 g/mol. The number of aromatic hydroxyl groups is 1. The summed E-state index contributed by atoms with van der Waals surface area (Å²) in [5.41, 5.74) is 1.16. The summed E-state index contributed by atoms with van der Waals surface area (Å²) in [6.07, 6.45) is 2.78. The molecule has 4 aliphatic rings. The van der Waals surface area contributed by atoms with Gasteiger partial charge >= 0.3 is 0 Å². The summed E-state index contributed by atoms with van der Waals surface area (Å²) in [4.78, 5) is 52.0. The number of allylic oxidation sites excluding steroid dienone is 2. The molecule has 2 aliphatic heterocycles. The Morgan fingerprint density at radius 1 is 1.11 bits per heavy atom. The van der Waals surface area contributed by atoms with E-state index in [1.54, 1.807) is 6.07 Å². The van der Waals surface area contributed by atoms with Crippen LogP contribution in [0.3, 0.4) is 0 Å². The number of benzene rings is 1. The van der Waals surface area contributed by atoms with Gasteiger partial charge in [-0.2, -0.15) is 0 Å². The first-order valence-electron chi connectivity index (χ1n) is 11.6. The van der Waals surface area contributed by atoms with Crippen LogP contribution in [-0.2, 0) is 19.2 Å². The van der Waals surface area contributed by atoms with E-state index in [2.05, 4.69) is 0 Å². The second-order valence-electron chi connectivity index (χ2n) is 9.75. The van der Waals surface area contributed by atoms with Gasteiger partial charge in [-0.25, -0.2) is 0 Å². The van der Waals surface area contributed by atoms with Crippen LogP contribution in [0.5, 0.6) is 11.5 Å². The van der Waals surface area contributed by atoms with Crippen molar-refractivity contribution in [2.24, 2.45) is 17.8 Å². The summed E-state index contributed by atoms with van der Waals surface area (Å²) in [7, 11) is 2.77. The Balaban J connectivity index is 1.74. The number of halogens is 2. The fraction of sp³-hybridized carbons (Fsp3) is 0.520. The quantitative estimate of drug-likeness (QED) is 0.371. The average Bonchev–Trinajstić information content (AvgIpc) is 3.15. The Labute approximate surface area is 212 Å². The molecule has 1 aromatic rings. The highest BCUT2D eigenvalue weighted by Crippen LogP contribution is 2.66. The summed E-state index contributed by atoms with van der Waals surface area (Å²) < 4.78 is 5.52. The van der Waals surface area contributed by atoms with E-state index in [-0.39, 0.29) is 29.7 Å². The Hall–Kier alpha value is -2.58. The maximum absolute atomic E-state index is 13.5. The lowest BCUT2D eigenvalue weighted by molar-refractivity contribution is -0.141. The zero-order valence-electron chi connectivity index (χ0n) is 19.6. The molecule has 2 aliphatic carbocycles. The number of nitrogens with zero attached hydrogens (tertiary/aromatic N) is 2. The van der Waals surface area contributed by atoms with Gasteiger partial charge in [0.2, 0.25) is 11.8 Å². The maximum Gasteiger partial charge on any atom is 0.253 e. The van der Waals surface area contributed by atoms with Crippen LogP contribution >= 0.6 is 23.2 Å². The molecule has 186 valence electrons. The fourth-order valence-corrected chi connectivity index (χ4v) is 7.55. The van der Waals surface area contributed by atoms with Crippen molar-refractivity contribution >= 4 is 46.8 Å². The predicted molar refractivity (Wildman–Crippen MR) is 127 cm³/mol. The lowest BCUT2D eigenvalue weighted by Crippen LogP contribution is -2.60. The first-order chi connectivity index (χ1) is 16.5. The summed E-state index contributed by atoms with van der Waals surface area (Å²) in [5.74, 6) is -4.25. The van der Waals surface area contributed by atoms with Gasteiger partial charge in [-0.05, 0) is 31.2 Å². The molecule has 35 heavy (non-hydrogen) atoms. The molecule has 8 nitrogen and oxygen atoms in total. The van der Waals surface area contributed by atoms with Gasteiger partial charge in [0.05, 0.1) is 18.9 Å². The highest BCUT2D eigenvalue weighted by molar-refractivity contribution is 6.53. The third kappa shape index (κ3) is 2.93. The van der Waals surface area contributed by atoms with Crippen molar-refractivity contribution in [1.82, 2.24) is 9.80 Å². The Morgan fingerprint density at radius 3 is 2.49 bits per heavy atom. The number of rotatable bonds is 4. The number of ether oxygens (including phenoxy) is 1. The first-order valence-corrected chi connectivity index (χ1v) is 12.4. The monoisotopic (exact) mass is 520 g/mol. The van der Waals surface area contributed by atoms with E-state index >= 15 is 0 Å². The van der Waals surface area contributed by atoms with Crippen LogP contribution < -0.4 is 4.74 Å². The van der Waals surface area contributed by atoms with Gasteiger partial charge < -0.3 is 9.84 Å². The number of fused-ring (bicyclic) bond motifs is 4. The molecule has 10 heteroatoms. The molecule has 0 spiro atoms. The minimum absolute atomic E-state index is 0.0458. The van der Waals surface area contributed by atoms with Crippen LogP contribution in [0.1, 0.15) is 37.7 Å². The third-order valence-electron chi connectivity index (χ3n) is 8.08. The SMILES string of the molecule is CCCN1C(=O)[C@H]2[C@H](CC=C3[C@H]2C[C@@]2(Cl)C(=O)N(C)C(=O)[C@@]2(Cl)[C@H]3c2ccc(O)cc2OC)C1=O. The highest BCUT2D eigenvalue weighted by atomic mass is 35.5. The number of hydrogen-bond donors (Lipinski definition) is 1. The number of carbonyl (C=O) groups is 4. The first kappa shape index (κ1) is 24.1. The third-order valence-corrected chi connectivity index (χ3v) is 9.49. The van der Waals surface area contributed by atoms with Crippen LogP contribution in [0.15, 0.2) is 29.8 Å². The number of phenols is 1. The second-order valence-corrected chi connectivity index (χ2v) is 11.0. The number of imide groups is 2. The summed E-state index contributed by atoms with van der Waals surface area (Å²) >= 11 is 14.2. The number of methoxy groups -OCH3 is 1. The zero-order chi connectivity index (χ0) is 25.4.